The van der Waals surface area contributed by atoms with E-state index in [1.54, 1.807) is 11.7 Å². The van der Waals surface area contributed by atoms with Crippen LogP contribution in [0, 0.1) is 12.7 Å². The van der Waals surface area contributed by atoms with Crippen molar-refractivity contribution in [1.82, 2.24) is 14.9 Å². The molecule has 0 radical (unpaired) electrons. The number of nitrogens with one attached hydrogen (secondary N) is 1. The van der Waals surface area contributed by atoms with Crippen LogP contribution in [0.25, 0.3) is 22.3 Å². The van der Waals surface area contributed by atoms with E-state index in [1.165, 1.54) is 6.07 Å². The number of benzene rings is 1. The summed E-state index contributed by atoms with van der Waals surface area (Å²) in [6, 6.07) is 3.53. The Hall–Kier alpha value is -2.90. The lowest BCUT2D eigenvalue weighted by atomic mass is 9.82. The minimum absolute atomic E-state index is 0.0999. The molecule has 5 rings (SSSR count). The first-order valence-corrected chi connectivity index (χ1v) is 11.5. The smallest absolute Gasteiger partial charge is 0.257 e. The minimum Gasteiger partial charge on any atom is -0.380 e. The van der Waals surface area contributed by atoms with Crippen molar-refractivity contribution in [2.75, 3.05) is 14.2 Å². The summed E-state index contributed by atoms with van der Waals surface area (Å²) in [4.78, 5) is 30.3. The SMILES string of the molecule is CC[C@@H](C=O)c1cc2n(c(=O)c1COC)Cc1c-2nc2cc(F)c(C)c3c2c1[C@@H](NC)CC3. The van der Waals surface area contributed by atoms with Gasteiger partial charge in [-0.25, -0.2) is 9.37 Å². The first-order chi connectivity index (χ1) is 15.9. The zero-order valence-corrected chi connectivity index (χ0v) is 19.4. The summed E-state index contributed by atoms with van der Waals surface area (Å²) in [6.07, 6.45) is 3.11. The van der Waals surface area contributed by atoms with Gasteiger partial charge in [-0.2, -0.15) is 0 Å². The second kappa shape index (κ2) is 8.15. The van der Waals surface area contributed by atoms with Gasteiger partial charge in [0, 0.05) is 41.6 Å². The highest BCUT2D eigenvalue weighted by molar-refractivity contribution is 5.93. The number of ether oxygens (including phenoxy) is 1. The third-order valence-electron chi connectivity index (χ3n) is 7.41. The molecule has 7 heteroatoms. The molecule has 0 amide bonds. The number of rotatable bonds is 6. The molecule has 0 saturated heterocycles. The lowest BCUT2D eigenvalue weighted by Gasteiger charge is -2.28. The molecular formula is C26H28FN3O3. The molecule has 0 fully saturated rings. The van der Waals surface area contributed by atoms with Gasteiger partial charge in [-0.05, 0) is 61.6 Å². The van der Waals surface area contributed by atoms with Crippen LogP contribution >= 0.6 is 0 Å². The first-order valence-electron chi connectivity index (χ1n) is 11.5. The van der Waals surface area contributed by atoms with Crippen LogP contribution < -0.4 is 10.9 Å². The average molecular weight is 450 g/mol. The van der Waals surface area contributed by atoms with Gasteiger partial charge < -0.3 is 19.4 Å². The Morgan fingerprint density at radius 2 is 2.15 bits per heavy atom. The molecule has 2 atom stereocenters. The van der Waals surface area contributed by atoms with Crippen LogP contribution in [0.3, 0.4) is 0 Å². The largest absolute Gasteiger partial charge is 0.380 e. The van der Waals surface area contributed by atoms with Gasteiger partial charge >= 0.3 is 0 Å². The number of nitrogens with zero attached hydrogens (tertiary/aromatic N) is 2. The van der Waals surface area contributed by atoms with E-state index in [-0.39, 0.29) is 24.0 Å². The Morgan fingerprint density at radius 1 is 1.36 bits per heavy atom. The fraction of sp³-hybridized carbons (Fsp3) is 0.423. The summed E-state index contributed by atoms with van der Waals surface area (Å²) in [6.45, 7) is 4.30. The third kappa shape index (κ3) is 3.09. The maximum Gasteiger partial charge on any atom is 0.257 e. The molecule has 2 aromatic heterocycles. The molecule has 1 aromatic carbocycles. The monoisotopic (exact) mass is 449 g/mol. The molecule has 2 aliphatic rings. The highest BCUT2D eigenvalue weighted by Gasteiger charge is 2.34. The standard InChI is InChI=1S/C26H28FN3O3/c1-5-14(11-31)16-8-22-25-17(10-30(22)26(32)18(16)12-33-4)24-20(28-3)7-6-15-13(2)19(27)9-21(29-25)23(15)24/h8-9,11,14,20,28H,5-7,10,12H2,1-4H3/t14-,20-/m0/s1. The Bertz CT molecular complexity index is 1360. The minimum atomic E-state index is -0.395. The molecule has 0 bridgehead atoms. The van der Waals surface area contributed by atoms with Crippen LogP contribution in [0.2, 0.25) is 0 Å². The van der Waals surface area contributed by atoms with Crippen molar-refractivity contribution in [2.45, 2.75) is 58.2 Å². The molecule has 172 valence electrons. The Kier molecular flexibility index (Phi) is 5.41. The molecule has 1 N–H and O–H groups in total. The summed E-state index contributed by atoms with van der Waals surface area (Å²) in [7, 11) is 3.48. The molecular weight excluding hydrogens is 421 g/mol. The number of fused-ring (bicyclic) bond motifs is 4. The zero-order chi connectivity index (χ0) is 23.4. The van der Waals surface area contributed by atoms with Crippen molar-refractivity contribution < 1.29 is 13.9 Å². The summed E-state index contributed by atoms with van der Waals surface area (Å²) < 4.78 is 21.8. The van der Waals surface area contributed by atoms with Gasteiger partial charge in [0.25, 0.3) is 5.56 Å². The molecule has 3 aromatic rings. The van der Waals surface area contributed by atoms with Crippen molar-refractivity contribution in [3.05, 3.63) is 61.7 Å². The number of carbonyl (C=O) groups is 1. The normalized spacial score (nSPS) is 17.2. The number of methoxy groups -OCH3 is 1. The molecule has 0 saturated carbocycles. The Balaban J connectivity index is 1.86. The predicted molar refractivity (Wildman–Crippen MR) is 125 cm³/mol. The molecule has 6 nitrogen and oxygen atoms in total. The van der Waals surface area contributed by atoms with Crippen LogP contribution in [0.4, 0.5) is 4.39 Å². The van der Waals surface area contributed by atoms with E-state index in [9.17, 15) is 14.0 Å². The number of aldehydes is 1. The fourth-order valence-electron chi connectivity index (χ4n) is 5.66. The van der Waals surface area contributed by atoms with Crippen LogP contribution in [-0.4, -0.2) is 30.0 Å². The highest BCUT2D eigenvalue weighted by Crippen LogP contribution is 2.44. The number of aromatic nitrogens is 2. The van der Waals surface area contributed by atoms with Crippen LogP contribution in [0.15, 0.2) is 16.9 Å². The lowest BCUT2D eigenvalue weighted by molar-refractivity contribution is -0.109. The van der Waals surface area contributed by atoms with Gasteiger partial charge in [-0.15, -0.1) is 0 Å². The molecule has 1 aliphatic carbocycles. The van der Waals surface area contributed by atoms with Gasteiger partial charge in [0.15, 0.2) is 0 Å². The predicted octanol–water partition coefficient (Wildman–Crippen LogP) is 3.92. The maximum absolute atomic E-state index is 14.8. The van der Waals surface area contributed by atoms with Gasteiger partial charge in [0.1, 0.15) is 12.1 Å². The fourth-order valence-corrected chi connectivity index (χ4v) is 5.66. The van der Waals surface area contributed by atoms with Crippen molar-refractivity contribution in [3.63, 3.8) is 0 Å². The van der Waals surface area contributed by atoms with E-state index in [0.29, 0.717) is 46.6 Å². The van der Waals surface area contributed by atoms with E-state index in [0.717, 1.165) is 41.2 Å². The maximum atomic E-state index is 14.8. The van der Waals surface area contributed by atoms with Crippen LogP contribution in [0.5, 0.6) is 0 Å². The summed E-state index contributed by atoms with van der Waals surface area (Å²) >= 11 is 0. The number of pyridine rings is 2. The van der Waals surface area contributed by atoms with Crippen LogP contribution in [-0.2, 0) is 29.1 Å². The highest BCUT2D eigenvalue weighted by atomic mass is 19.1. The average Bonchev–Trinajstić information content (AvgIpc) is 3.19. The topological polar surface area (TPSA) is 73.2 Å². The zero-order valence-electron chi connectivity index (χ0n) is 19.4. The number of hydrogen-bond donors (Lipinski definition) is 1. The molecule has 33 heavy (non-hydrogen) atoms. The summed E-state index contributed by atoms with van der Waals surface area (Å²) in [5.41, 5.74) is 6.86. The summed E-state index contributed by atoms with van der Waals surface area (Å²) in [5, 5.41) is 4.42. The van der Waals surface area contributed by atoms with Gasteiger partial charge in [-0.1, -0.05) is 6.92 Å². The second-order valence-corrected chi connectivity index (χ2v) is 9.03. The van der Waals surface area contributed by atoms with Gasteiger partial charge in [0.05, 0.1) is 30.1 Å². The number of carbonyl (C=O) groups excluding carboxylic acids is 1. The quantitative estimate of drug-likeness (QED) is 0.452. The van der Waals surface area contributed by atoms with Gasteiger partial charge in [0.2, 0.25) is 0 Å². The Morgan fingerprint density at radius 3 is 2.82 bits per heavy atom. The van der Waals surface area contributed by atoms with E-state index in [1.807, 2.05) is 27.0 Å². The summed E-state index contributed by atoms with van der Waals surface area (Å²) in [5.74, 6) is -0.648. The molecule has 0 spiro atoms. The molecule has 0 unspecified atom stereocenters. The van der Waals surface area contributed by atoms with E-state index in [2.05, 4.69) is 5.32 Å². The van der Waals surface area contributed by atoms with Crippen molar-refractivity contribution in [1.29, 1.82) is 0 Å². The van der Waals surface area contributed by atoms with E-state index in [4.69, 9.17) is 9.72 Å². The molecule has 3 heterocycles. The lowest BCUT2D eigenvalue weighted by Crippen LogP contribution is -2.27. The number of halogens is 1. The van der Waals surface area contributed by atoms with Crippen molar-refractivity contribution >= 4 is 17.2 Å². The van der Waals surface area contributed by atoms with Crippen LogP contribution in [0.1, 0.15) is 65.1 Å². The first kappa shape index (κ1) is 21.9. The Labute approximate surface area is 191 Å². The van der Waals surface area contributed by atoms with Crippen molar-refractivity contribution in [2.24, 2.45) is 0 Å². The third-order valence-corrected chi connectivity index (χ3v) is 7.41. The van der Waals surface area contributed by atoms with E-state index >= 15 is 0 Å². The van der Waals surface area contributed by atoms with E-state index < -0.39 is 5.92 Å². The number of aryl methyl sites for hydroxylation is 1. The molecule has 1 aliphatic heterocycles. The van der Waals surface area contributed by atoms with Gasteiger partial charge in [-0.3, -0.25) is 4.79 Å². The second-order valence-electron chi connectivity index (χ2n) is 9.03. The number of hydrogen-bond acceptors (Lipinski definition) is 5. The van der Waals surface area contributed by atoms with Crippen molar-refractivity contribution in [3.8, 4) is 11.4 Å².